The highest BCUT2D eigenvalue weighted by Crippen LogP contribution is 2.44. The van der Waals surface area contributed by atoms with Gasteiger partial charge in [-0.15, -0.1) is 0 Å². The van der Waals surface area contributed by atoms with Gasteiger partial charge in [-0.05, 0) is 12.1 Å². The van der Waals surface area contributed by atoms with Crippen LogP contribution in [0.15, 0.2) is 23.2 Å². The largest absolute Gasteiger partial charge is 0.497 e. The van der Waals surface area contributed by atoms with Crippen LogP contribution in [0.2, 0.25) is 0 Å². The maximum Gasteiger partial charge on any atom is 0.262 e. The average molecular weight is 395 g/mol. The molecule has 10 heteroatoms. The molecule has 2 atom stereocenters. The molecule has 1 amide bonds. The lowest BCUT2D eigenvalue weighted by Gasteiger charge is -2.26. The van der Waals surface area contributed by atoms with E-state index in [0.29, 0.717) is 22.4 Å². The number of amidine groups is 1. The quantitative estimate of drug-likeness (QED) is 0.749. The molecule has 0 aliphatic carbocycles. The molecule has 2 aliphatic heterocycles. The monoisotopic (exact) mass is 395 g/mol. The van der Waals surface area contributed by atoms with Crippen LogP contribution in [0.3, 0.4) is 0 Å². The lowest BCUT2D eigenvalue weighted by atomic mass is 10.2. The third-order valence-electron chi connectivity index (χ3n) is 4.16. The number of carbonyl (C=O) groups excluding carboxylic acids is 1. The van der Waals surface area contributed by atoms with Crippen molar-refractivity contribution in [3.63, 3.8) is 0 Å². The van der Waals surface area contributed by atoms with Crippen molar-refractivity contribution < 1.29 is 22.7 Å². The standard InChI is InChI=1S/C16H17N3O5S2/c1-23-10-3-4-13(24-2)11(7-10)19-12-8-26(21,22)9-14(12)25-16(19)18-15(20)5-6-17/h3-4,7,12,14H,5,8-9H2,1-2H3/t12-,14-/m0/s1. The van der Waals surface area contributed by atoms with Gasteiger partial charge in [-0.2, -0.15) is 10.3 Å². The van der Waals surface area contributed by atoms with Crippen LogP contribution in [0.1, 0.15) is 6.42 Å². The molecule has 2 aliphatic rings. The summed E-state index contributed by atoms with van der Waals surface area (Å²) in [6, 6.07) is 6.57. The van der Waals surface area contributed by atoms with Crippen LogP contribution in [0.5, 0.6) is 11.5 Å². The van der Waals surface area contributed by atoms with Crippen LogP contribution >= 0.6 is 11.8 Å². The minimum absolute atomic E-state index is 0.0244. The number of carbonyl (C=O) groups is 1. The number of sulfone groups is 1. The highest BCUT2D eigenvalue weighted by molar-refractivity contribution is 8.16. The maximum absolute atomic E-state index is 12.1. The first-order chi connectivity index (χ1) is 12.4. The number of rotatable bonds is 4. The number of aliphatic imine (C=N–C) groups is 1. The van der Waals surface area contributed by atoms with E-state index in [9.17, 15) is 13.2 Å². The first-order valence-corrected chi connectivity index (χ1v) is 10.5. The smallest absolute Gasteiger partial charge is 0.262 e. The Kier molecular flexibility index (Phi) is 5.11. The van der Waals surface area contributed by atoms with E-state index in [2.05, 4.69) is 4.99 Å². The molecule has 0 spiro atoms. The fourth-order valence-electron chi connectivity index (χ4n) is 3.05. The number of nitrogens with zero attached hydrogens (tertiary/aromatic N) is 3. The Morgan fingerprint density at radius 1 is 1.38 bits per heavy atom. The van der Waals surface area contributed by atoms with Gasteiger partial charge < -0.3 is 14.4 Å². The molecular formula is C16H17N3O5S2. The number of thioether (sulfide) groups is 1. The zero-order valence-corrected chi connectivity index (χ0v) is 15.8. The molecule has 8 nitrogen and oxygen atoms in total. The Hall–Kier alpha value is -2.25. The highest BCUT2D eigenvalue weighted by atomic mass is 32.2. The average Bonchev–Trinajstić information content (AvgIpc) is 3.05. The number of ether oxygens (including phenoxy) is 2. The molecule has 0 saturated carbocycles. The van der Waals surface area contributed by atoms with Crippen molar-refractivity contribution in [2.24, 2.45) is 4.99 Å². The van der Waals surface area contributed by atoms with E-state index in [1.165, 1.54) is 26.0 Å². The van der Waals surface area contributed by atoms with Gasteiger partial charge in [0.1, 0.15) is 17.9 Å². The van der Waals surface area contributed by atoms with Gasteiger partial charge in [-0.25, -0.2) is 8.42 Å². The lowest BCUT2D eigenvalue weighted by molar-refractivity contribution is -0.116. The van der Waals surface area contributed by atoms with Crippen molar-refractivity contribution in [1.82, 2.24) is 0 Å². The molecule has 0 radical (unpaired) electrons. The molecule has 1 aromatic rings. The zero-order valence-electron chi connectivity index (χ0n) is 14.2. The van der Waals surface area contributed by atoms with Gasteiger partial charge in [0.25, 0.3) is 5.91 Å². The normalized spacial score (nSPS) is 25.0. The molecule has 2 saturated heterocycles. The molecule has 0 aromatic heterocycles. The van der Waals surface area contributed by atoms with E-state index < -0.39 is 15.7 Å². The second-order valence-corrected chi connectivity index (χ2v) is 9.19. The molecule has 138 valence electrons. The van der Waals surface area contributed by atoms with Gasteiger partial charge in [0, 0.05) is 11.3 Å². The first-order valence-electron chi connectivity index (χ1n) is 7.75. The zero-order chi connectivity index (χ0) is 18.9. The summed E-state index contributed by atoms with van der Waals surface area (Å²) in [5, 5.41) is 8.84. The number of amides is 1. The number of fused-ring (bicyclic) bond motifs is 1. The van der Waals surface area contributed by atoms with Crippen molar-refractivity contribution in [3.8, 4) is 17.6 Å². The predicted octanol–water partition coefficient (Wildman–Crippen LogP) is 1.22. The lowest BCUT2D eigenvalue weighted by Crippen LogP contribution is -2.38. The Balaban J connectivity index is 2.09. The summed E-state index contributed by atoms with van der Waals surface area (Å²) in [4.78, 5) is 17.6. The third-order valence-corrected chi connectivity index (χ3v) is 7.37. The van der Waals surface area contributed by atoms with Crippen LogP contribution in [0.4, 0.5) is 5.69 Å². The molecule has 2 fully saturated rings. The van der Waals surface area contributed by atoms with E-state index in [1.807, 2.05) is 0 Å². The van der Waals surface area contributed by atoms with Gasteiger partial charge in [-0.3, -0.25) is 4.79 Å². The number of benzene rings is 1. The fraction of sp³-hybridized carbons (Fsp3) is 0.438. The van der Waals surface area contributed by atoms with E-state index in [1.54, 1.807) is 29.2 Å². The number of hydrogen-bond donors (Lipinski definition) is 0. The molecule has 2 heterocycles. The summed E-state index contributed by atoms with van der Waals surface area (Å²) < 4.78 is 34.8. The second kappa shape index (κ2) is 7.17. The van der Waals surface area contributed by atoms with Crippen LogP contribution in [0, 0.1) is 11.3 Å². The predicted molar refractivity (Wildman–Crippen MR) is 98.5 cm³/mol. The van der Waals surface area contributed by atoms with E-state index in [0.717, 1.165) is 0 Å². The SMILES string of the molecule is COc1ccc(OC)c(N2C(=NC(=O)CC#N)S[C@H]3CS(=O)(=O)C[C@@H]32)c1. The number of hydrogen-bond acceptors (Lipinski definition) is 7. The van der Waals surface area contributed by atoms with Gasteiger partial charge >= 0.3 is 0 Å². The van der Waals surface area contributed by atoms with Crippen molar-refractivity contribution in [2.75, 3.05) is 30.6 Å². The summed E-state index contributed by atoms with van der Waals surface area (Å²) in [5.41, 5.74) is 0.576. The molecular weight excluding hydrogens is 378 g/mol. The summed E-state index contributed by atoms with van der Waals surface area (Å²) >= 11 is 1.24. The topological polar surface area (TPSA) is 109 Å². The molecule has 0 unspecified atom stereocenters. The van der Waals surface area contributed by atoms with Crippen molar-refractivity contribution in [1.29, 1.82) is 5.26 Å². The second-order valence-electron chi connectivity index (χ2n) is 5.83. The van der Waals surface area contributed by atoms with Gasteiger partial charge in [-0.1, -0.05) is 11.8 Å². The summed E-state index contributed by atoms with van der Waals surface area (Å²) in [6.45, 7) is 0. The molecule has 1 aromatic carbocycles. The third kappa shape index (κ3) is 3.50. The Morgan fingerprint density at radius 3 is 2.81 bits per heavy atom. The molecule has 26 heavy (non-hydrogen) atoms. The Bertz CT molecular complexity index is 907. The number of methoxy groups -OCH3 is 2. The van der Waals surface area contributed by atoms with E-state index in [4.69, 9.17) is 14.7 Å². The Labute approximate surface area is 155 Å². The maximum atomic E-state index is 12.1. The molecule has 3 rings (SSSR count). The van der Waals surface area contributed by atoms with Crippen molar-refractivity contribution in [2.45, 2.75) is 17.7 Å². The van der Waals surface area contributed by atoms with Crippen molar-refractivity contribution >= 4 is 38.4 Å². The fourth-order valence-corrected chi connectivity index (χ4v) is 6.97. The van der Waals surface area contributed by atoms with E-state index >= 15 is 0 Å². The van der Waals surface area contributed by atoms with Crippen LogP contribution in [-0.4, -0.2) is 56.5 Å². The van der Waals surface area contributed by atoms with Gasteiger partial charge in [0.05, 0.1) is 43.5 Å². The summed E-state index contributed by atoms with van der Waals surface area (Å²) in [6.07, 6.45) is -0.333. The van der Waals surface area contributed by atoms with Crippen LogP contribution in [-0.2, 0) is 14.6 Å². The van der Waals surface area contributed by atoms with Crippen LogP contribution in [0.25, 0.3) is 0 Å². The van der Waals surface area contributed by atoms with Gasteiger partial charge in [0.15, 0.2) is 15.0 Å². The number of anilines is 1. The van der Waals surface area contributed by atoms with Gasteiger partial charge in [0.2, 0.25) is 0 Å². The first kappa shape index (κ1) is 18.5. The summed E-state index contributed by atoms with van der Waals surface area (Å²) in [7, 11) is -0.135. The minimum atomic E-state index is -3.17. The van der Waals surface area contributed by atoms with Crippen molar-refractivity contribution in [3.05, 3.63) is 18.2 Å². The highest BCUT2D eigenvalue weighted by Gasteiger charge is 2.50. The molecule has 0 bridgehead atoms. The summed E-state index contributed by atoms with van der Waals surface area (Å²) in [5.74, 6) is 0.506. The Morgan fingerprint density at radius 2 is 2.15 bits per heavy atom. The van der Waals surface area contributed by atoms with Crippen LogP contribution < -0.4 is 14.4 Å². The number of nitriles is 1. The van der Waals surface area contributed by atoms with E-state index in [-0.39, 0.29) is 29.2 Å². The molecule has 0 N–H and O–H groups in total. The minimum Gasteiger partial charge on any atom is -0.497 e.